The van der Waals surface area contributed by atoms with Crippen LogP contribution in [0.4, 0.5) is 0 Å². The lowest BCUT2D eigenvalue weighted by atomic mass is 10.4. The van der Waals surface area contributed by atoms with Gasteiger partial charge < -0.3 is 0 Å². The quantitative estimate of drug-likeness (QED) is 0.719. The number of nitrogens with zero attached hydrogens (tertiary/aromatic N) is 3. The highest BCUT2D eigenvalue weighted by Gasteiger charge is 2.26. The van der Waals surface area contributed by atoms with Gasteiger partial charge in [0.15, 0.2) is 22.2 Å². The molecule has 8 heteroatoms. The molecule has 2 aromatic heterocycles. The predicted molar refractivity (Wildman–Crippen MR) is 64.3 cm³/mol. The Hall–Kier alpha value is -1.12. The molecule has 0 fully saturated rings. The van der Waals surface area contributed by atoms with Crippen LogP contribution < -0.4 is 11.2 Å². The van der Waals surface area contributed by atoms with Crippen LogP contribution in [-0.2, 0) is 25.3 Å². The normalized spacial score (nSPS) is 13.2. The van der Waals surface area contributed by atoms with Crippen LogP contribution in [-0.4, -0.2) is 24.3 Å². The van der Waals surface area contributed by atoms with Crippen LogP contribution in [0.2, 0.25) is 0 Å². The first-order valence-corrected chi connectivity index (χ1v) is 6.72. The highest BCUT2D eigenvalue weighted by atomic mass is 32.2. The van der Waals surface area contributed by atoms with Gasteiger partial charge in [-0.15, -0.1) is 0 Å². The van der Waals surface area contributed by atoms with E-state index >= 15 is 0 Å². The van der Waals surface area contributed by atoms with E-state index in [0.29, 0.717) is 15.2 Å². The largest absolute Gasteiger partial charge is 0.332 e. The molecule has 1 unspecified atom stereocenters. The number of aromatic nitrogens is 3. The second-order valence-electron chi connectivity index (χ2n) is 3.35. The second kappa shape index (κ2) is 3.72. The Morgan fingerprint density at radius 2 is 1.94 bits per heavy atom. The summed E-state index contributed by atoms with van der Waals surface area (Å²) in [7, 11) is 2.97. The Morgan fingerprint density at radius 1 is 1.31 bits per heavy atom. The van der Waals surface area contributed by atoms with Gasteiger partial charge in [-0.2, -0.15) is 8.93 Å². The number of aryl methyl sites for hydroxylation is 1. The summed E-state index contributed by atoms with van der Waals surface area (Å²) in [5.74, 6) is 0. The fourth-order valence-corrected chi connectivity index (χ4v) is 3.12. The smallest absolute Gasteiger partial charge is 0.279 e. The van der Waals surface area contributed by atoms with Gasteiger partial charge in [0.2, 0.25) is 0 Å². The number of rotatable bonds is 1. The molecule has 0 spiro atoms. The van der Waals surface area contributed by atoms with Gasteiger partial charge in [0.1, 0.15) is 6.26 Å². The first-order valence-electron chi connectivity index (χ1n) is 4.35. The third-order valence-electron chi connectivity index (χ3n) is 2.32. The Morgan fingerprint density at radius 3 is 2.50 bits per heavy atom. The lowest BCUT2D eigenvalue weighted by Crippen LogP contribution is -2.37. The van der Waals surface area contributed by atoms with Gasteiger partial charge >= 0.3 is 5.69 Å². The maximum absolute atomic E-state index is 11.9. The van der Waals surface area contributed by atoms with Crippen molar-refractivity contribution < 1.29 is 4.55 Å². The summed E-state index contributed by atoms with van der Waals surface area (Å²) in [5.41, 5.74) is -0.486. The van der Waals surface area contributed by atoms with Crippen LogP contribution in [0.3, 0.4) is 0 Å². The summed E-state index contributed by atoms with van der Waals surface area (Å²) in [6.45, 7) is 0. The summed E-state index contributed by atoms with van der Waals surface area (Å²) >= 11 is 0.0274. The zero-order valence-electron chi connectivity index (χ0n) is 8.92. The lowest BCUT2D eigenvalue weighted by Gasteiger charge is -2.01. The summed E-state index contributed by atoms with van der Waals surface area (Å²) in [6.07, 6.45) is 1.59. The van der Waals surface area contributed by atoms with Crippen molar-refractivity contribution in [2.24, 2.45) is 14.1 Å². The van der Waals surface area contributed by atoms with E-state index in [-0.39, 0.29) is 0 Å². The topological polar surface area (TPSA) is 77.1 Å². The zero-order chi connectivity index (χ0) is 12.0. The van der Waals surface area contributed by atoms with Gasteiger partial charge in [0.25, 0.3) is 9.77 Å². The lowest BCUT2D eigenvalue weighted by molar-refractivity contribution is 0.647. The van der Waals surface area contributed by atoms with Gasteiger partial charge in [-0.1, -0.05) is 0 Å². The Kier molecular flexibility index (Phi) is 2.64. The van der Waals surface area contributed by atoms with Crippen LogP contribution in [0.5, 0.6) is 0 Å². The molecular weight excluding hydrogens is 250 g/mol. The summed E-state index contributed by atoms with van der Waals surface area (Å²) in [5, 5.41) is 0.336. The van der Waals surface area contributed by atoms with Crippen LogP contribution in [0.25, 0.3) is 11.0 Å². The molecule has 0 aliphatic carbocycles. The molecule has 0 saturated heterocycles. The van der Waals surface area contributed by atoms with Gasteiger partial charge in [0, 0.05) is 25.6 Å². The molecule has 0 radical (unpaired) electrons. The molecule has 2 rings (SSSR count). The monoisotopic (exact) mass is 260 g/mol. The van der Waals surface area contributed by atoms with Crippen molar-refractivity contribution in [3.8, 4) is 0 Å². The molecule has 0 saturated carbocycles. The van der Waals surface area contributed by atoms with Gasteiger partial charge in [-0.25, -0.2) is 4.79 Å². The first-order chi connectivity index (χ1) is 7.45. The zero-order valence-corrected chi connectivity index (χ0v) is 10.6. The summed E-state index contributed by atoms with van der Waals surface area (Å²) < 4.78 is 16.4. The highest BCUT2D eigenvalue weighted by molar-refractivity contribution is 7.93. The third-order valence-corrected chi connectivity index (χ3v) is 4.64. The molecule has 1 atom stereocenters. The Labute approximate surface area is 97.5 Å². The highest BCUT2D eigenvalue weighted by Crippen LogP contribution is 2.22. The molecule has 2 heterocycles. The predicted octanol–water partition coefficient (Wildman–Crippen LogP) is -0.226. The molecule has 0 aromatic carbocycles. The van der Waals surface area contributed by atoms with E-state index in [9.17, 15) is 14.1 Å². The molecule has 16 heavy (non-hydrogen) atoms. The SMILES string of the molecule is Cn1c(=O)c2c([S+](C)O)snc2n(C)c1=O. The molecule has 2 aromatic rings. The van der Waals surface area contributed by atoms with E-state index in [1.807, 2.05) is 0 Å². The maximum atomic E-state index is 11.9. The molecule has 0 bridgehead atoms. The molecular formula is C8H10N3O3S2+. The van der Waals surface area contributed by atoms with Crippen LogP contribution >= 0.6 is 11.5 Å². The molecule has 0 aliphatic rings. The number of hydrogen-bond acceptors (Lipinski definition) is 5. The minimum Gasteiger partial charge on any atom is -0.279 e. The molecule has 0 amide bonds. The number of fused-ring (bicyclic) bond motifs is 1. The minimum atomic E-state index is -1.03. The molecule has 6 nitrogen and oxygen atoms in total. The second-order valence-corrected chi connectivity index (χ2v) is 5.75. The van der Waals surface area contributed by atoms with Crippen molar-refractivity contribution >= 4 is 33.7 Å². The maximum Gasteiger partial charge on any atom is 0.332 e. The van der Waals surface area contributed by atoms with Crippen LogP contribution in [0, 0.1) is 0 Å². The summed E-state index contributed by atoms with van der Waals surface area (Å²) in [6, 6.07) is 0. The van der Waals surface area contributed by atoms with E-state index < -0.39 is 22.4 Å². The Balaban J connectivity index is 3.07. The van der Waals surface area contributed by atoms with Gasteiger partial charge in [0.05, 0.1) is 0 Å². The van der Waals surface area contributed by atoms with Gasteiger partial charge in [-0.05, 0) is 0 Å². The van der Waals surface area contributed by atoms with Crippen molar-refractivity contribution in [3.63, 3.8) is 0 Å². The molecule has 1 N–H and O–H groups in total. The van der Waals surface area contributed by atoms with Crippen molar-refractivity contribution in [2.75, 3.05) is 6.26 Å². The Bertz CT molecular complexity index is 667. The standard InChI is InChI=1S/C8H10N3O3S2/c1-10-5-4(6(12)11(2)8(10)13)7(15-9-5)16(3)14/h14H,1-3H3/q+1. The van der Waals surface area contributed by atoms with E-state index in [2.05, 4.69) is 4.37 Å². The third kappa shape index (κ3) is 1.41. The van der Waals surface area contributed by atoms with E-state index in [4.69, 9.17) is 0 Å². The van der Waals surface area contributed by atoms with Crippen molar-refractivity contribution in [1.29, 1.82) is 0 Å². The fourth-order valence-electron chi connectivity index (χ4n) is 1.45. The summed E-state index contributed by atoms with van der Waals surface area (Å²) in [4.78, 5) is 23.5. The van der Waals surface area contributed by atoms with Crippen molar-refractivity contribution in [2.45, 2.75) is 4.21 Å². The van der Waals surface area contributed by atoms with Gasteiger partial charge in [-0.3, -0.25) is 13.9 Å². The molecule has 0 aliphatic heterocycles. The van der Waals surface area contributed by atoms with Crippen molar-refractivity contribution in [3.05, 3.63) is 20.8 Å². The average Bonchev–Trinajstić information content (AvgIpc) is 2.67. The average molecular weight is 260 g/mol. The number of hydrogen-bond donors (Lipinski definition) is 1. The van der Waals surface area contributed by atoms with Crippen molar-refractivity contribution in [1.82, 2.24) is 13.5 Å². The van der Waals surface area contributed by atoms with Crippen LogP contribution in [0.1, 0.15) is 0 Å². The minimum absolute atomic E-state index is 0.335. The van der Waals surface area contributed by atoms with Crippen LogP contribution in [0.15, 0.2) is 13.8 Å². The van der Waals surface area contributed by atoms with E-state index in [0.717, 1.165) is 16.1 Å². The molecule has 86 valence electrons. The van der Waals surface area contributed by atoms with E-state index in [1.165, 1.54) is 11.6 Å². The van der Waals surface area contributed by atoms with E-state index in [1.54, 1.807) is 13.3 Å². The first kappa shape index (κ1) is 11.4. The fraction of sp³-hybridized carbons (Fsp3) is 0.375.